The van der Waals surface area contributed by atoms with E-state index in [1.54, 1.807) is 56.3 Å². The second kappa shape index (κ2) is 8.78. The Labute approximate surface area is 192 Å². The first kappa shape index (κ1) is 22.1. The van der Waals surface area contributed by atoms with Crippen molar-refractivity contribution in [3.05, 3.63) is 83.9 Å². The summed E-state index contributed by atoms with van der Waals surface area (Å²) in [4.78, 5) is 40.0. The number of nitrogens with zero attached hydrogens (tertiary/aromatic N) is 1. The molecule has 0 aromatic heterocycles. The van der Waals surface area contributed by atoms with Gasteiger partial charge in [0.1, 0.15) is 12.3 Å². The minimum atomic E-state index is -1.15. The van der Waals surface area contributed by atoms with Crippen LogP contribution >= 0.6 is 0 Å². The number of carbonyl (C=O) groups excluding carboxylic acids is 3. The van der Waals surface area contributed by atoms with Crippen molar-refractivity contribution in [3.8, 4) is 5.75 Å². The van der Waals surface area contributed by atoms with E-state index < -0.39 is 5.60 Å². The van der Waals surface area contributed by atoms with Crippen molar-refractivity contribution in [1.82, 2.24) is 0 Å². The number of nitrogens with one attached hydrogen (secondary N) is 2. The molecule has 0 fully saturated rings. The van der Waals surface area contributed by atoms with Gasteiger partial charge in [-0.25, -0.2) is 0 Å². The third-order valence-electron chi connectivity index (χ3n) is 5.31. The summed E-state index contributed by atoms with van der Waals surface area (Å²) in [7, 11) is 0. The van der Waals surface area contributed by atoms with Gasteiger partial charge in [-0.15, -0.1) is 0 Å². The van der Waals surface area contributed by atoms with Crippen LogP contribution in [0, 0.1) is 6.92 Å². The molecule has 1 aliphatic heterocycles. The highest BCUT2D eigenvalue weighted by Gasteiger charge is 2.41. The Balaban J connectivity index is 1.59. The van der Waals surface area contributed by atoms with E-state index in [4.69, 9.17) is 4.74 Å². The van der Waals surface area contributed by atoms with Crippen LogP contribution in [-0.2, 0) is 9.59 Å². The number of amides is 3. The van der Waals surface area contributed by atoms with Gasteiger partial charge < -0.3 is 15.4 Å². The van der Waals surface area contributed by atoms with Crippen molar-refractivity contribution in [2.45, 2.75) is 26.4 Å². The molecule has 0 aliphatic carbocycles. The summed E-state index contributed by atoms with van der Waals surface area (Å²) in [6.45, 7) is 5.05. The zero-order valence-corrected chi connectivity index (χ0v) is 18.7. The van der Waals surface area contributed by atoms with Crippen molar-refractivity contribution in [3.63, 3.8) is 0 Å². The van der Waals surface area contributed by atoms with E-state index in [2.05, 4.69) is 10.6 Å². The van der Waals surface area contributed by atoms with Gasteiger partial charge >= 0.3 is 0 Å². The highest BCUT2D eigenvalue weighted by Crippen LogP contribution is 2.38. The number of hydrogen-bond acceptors (Lipinski definition) is 4. The van der Waals surface area contributed by atoms with Crippen LogP contribution in [0.1, 0.15) is 29.8 Å². The second-order valence-electron chi connectivity index (χ2n) is 8.42. The van der Waals surface area contributed by atoms with Crippen molar-refractivity contribution in [2.75, 3.05) is 22.1 Å². The van der Waals surface area contributed by atoms with Crippen molar-refractivity contribution < 1.29 is 19.1 Å². The molecule has 0 atom stereocenters. The maximum absolute atomic E-state index is 13.1. The molecule has 3 aromatic rings. The maximum Gasteiger partial charge on any atom is 0.271 e. The summed E-state index contributed by atoms with van der Waals surface area (Å²) in [5, 5.41) is 5.64. The summed E-state index contributed by atoms with van der Waals surface area (Å²) in [5.41, 5.74) is 1.94. The molecule has 1 aliphatic rings. The first-order valence-corrected chi connectivity index (χ1v) is 10.6. The van der Waals surface area contributed by atoms with E-state index >= 15 is 0 Å². The fourth-order valence-electron chi connectivity index (χ4n) is 3.57. The Hall–Kier alpha value is -4.13. The zero-order valence-electron chi connectivity index (χ0n) is 18.7. The van der Waals surface area contributed by atoms with E-state index in [-0.39, 0.29) is 24.3 Å². The summed E-state index contributed by atoms with van der Waals surface area (Å²) >= 11 is 0. The summed E-state index contributed by atoms with van der Waals surface area (Å²) in [5.74, 6) is -0.617. The van der Waals surface area contributed by atoms with Gasteiger partial charge in [-0.1, -0.05) is 35.9 Å². The predicted molar refractivity (Wildman–Crippen MR) is 128 cm³/mol. The van der Waals surface area contributed by atoms with Crippen LogP contribution in [0.25, 0.3) is 0 Å². The fraction of sp³-hybridized carbons (Fsp3) is 0.192. The summed E-state index contributed by atoms with van der Waals surface area (Å²) in [6.07, 6.45) is 0. The van der Waals surface area contributed by atoms with E-state index in [1.807, 2.05) is 37.3 Å². The van der Waals surface area contributed by atoms with Gasteiger partial charge in [0.2, 0.25) is 5.91 Å². The van der Waals surface area contributed by atoms with Crippen LogP contribution in [0.4, 0.5) is 17.1 Å². The molecule has 7 nitrogen and oxygen atoms in total. The van der Waals surface area contributed by atoms with Crippen LogP contribution in [-0.4, -0.2) is 29.9 Å². The lowest BCUT2D eigenvalue weighted by Crippen LogP contribution is -2.54. The van der Waals surface area contributed by atoms with Crippen LogP contribution in [0.2, 0.25) is 0 Å². The molecule has 168 valence electrons. The Bertz CT molecular complexity index is 1200. The second-order valence-corrected chi connectivity index (χ2v) is 8.42. The number of anilines is 3. The third-order valence-corrected chi connectivity index (χ3v) is 5.31. The molecule has 0 saturated heterocycles. The van der Waals surface area contributed by atoms with Gasteiger partial charge in [0, 0.05) is 16.9 Å². The number of carbonyl (C=O) groups is 3. The van der Waals surface area contributed by atoms with Gasteiger partial charge in [-0.3, -0.25) is 19.3 Å². The number of para-hydroxylation sites is 1. The monoisotopic (exact) mass is 443 g/mol. The molecule has 0 saturated carbocycles. The number of aryl methyl sites for hydroxylation is 1. The van der Waals surface area contributed by atoms with Gasteiger partial charge in [-0.2, -0.15) is 0 Å². The number of benzene rings is 3. The quantitative estimate of drug-likeness (QED) is 0.612. The van der Waals surface area contributed by atoms with Crippen LogP contribution in [0.5, 0.6) is 5.75 Å². The minimum absolute atomic E-state index is 0.212. The van der Waals surface area contributed by atoms with Gasteiger partial charge in [-0.05, 0) is 63.2 Å². The third kappa shape index (κ3) is 4.87. The van der Waals surface area contributed by atoms with Crippen LogP contribution in [0.3, 0.4) is 0 Å². The molecule has 4 rings (SSSR count). The van der Waals surface area contributed by atoms with Crippen LogP contribution in [0.15, 0.2) is 72.8 Å². The summed E-state index contributed by atoms with van der Waals surface area (Å²) < 4.78 is 5.87. The van der Waals surface area contributed by atoms with Gasteiger partial charge in [0.05, 0.1) is 5.69 Å². The average molecular weight is 444 g/mol. The largest absolute Gasteiger partial charge is 0.476 e. The standard InChI is InChI=1S/C26H25N3O4/c1-17-9-12-20(13-10-17)27-23(30)16-29-21-15-18(24(31)28-19-7-5-4-6-8-19)11-14-22(21)33-26(2,3)25(29)32/h4-15H,16H2,1-3H3,(H,27,30)(H,28,31). The molecule has 3 aromatic carbocycles. The molecule has 0 radical (unpaired) electrons. The normalized spacial score (nSPS) is 14.2. The minimum Gasteiger partial charge on any atom is -0.476 e. The molecular formula is C26H25N3O4. The molecule has 0 bridgehead atoms. The zero-order chi connectivity index (χ0) is 23.6. The highest BCUT2D eigenvalue weighted by molar-refractivity contribution is 6.10. The van der Waals surface area contributed by atoms with Crippen LogP contribution < -0.4 is 20.3 Å². The highest BCUT2D eigenvalue weighted by atomic mass is 16.5. The molecule has 3 amide bonds. The lowest BCUT2D eigenvalue weighted by atomic mass is 10.0. The Morgan fingerprint density at radius 3 is 2.27 bits per heavy atom. The first-order chi connectivity index (χ1) is 15.7. The van der Waals surface area contributed by atoms with Gasteiger partial charge in [0.15, 0.2) is 5.60 Å². The van der Waals surface area contributed by atoms with Gasteiger partial charge in [0.25, 0.3) is 11.8 Å². The topological polar surface area (TPSA) is 87.7 Å². The molecule has 0 spiro atoms. The molecule has 0 unspecified atom stereocenters. The van der Waals surface area contributed by atoms with E-state index in [0.717, 1.165) is 5.56 Å². The molecule has 33 heavy (non-hydrogen) atoms. The molecule has 1 heterocycles. The SMILES string of the molecule is Cc1ccc(NC(=O)CN2C(=O)C(C)(C)Oc3ccc(C(=O)Nc4ccccc4)cc32)cc1. The van der Waals surface area contributed by atoms with Crippen molar-refractivity contribution in [2.24, 2.45) is 0 Å². The number of rotatable bonds is 5. The average Bonchev–Trinajstić information content (AvgIpc) is 2.78. The molecule has 2 N–H and O–H groups in total. The lowest BCUT2D eigenvalue weighted by Gasteiger charge is -2.38. The van der Waals surface area contributed by atoms with E-state index in [9.17, 15) is 14.4 Å². The van der Waals surface area contributed by atoms with E-state index in [0.29, 0.717) is 28.4 Å². The van der Waals surface area contributed by atoms with Crippen molar-refractivity contribution in [1.29, 1.82) is 0 Å². The first-order valence-electron chi connectivity index (χ1n) is 10.6. The Kier molecular flexibility index (Phi) is 5.87. The Morgan fingerprint density at radius 1 is 0.909 bits per heavy atom. The number of ether oxygens (including phenoxy) is 1. The number of fused-ring (bicyclic) bond motifs is 1. The Morgan fingerprint density at radius 2 is 1.58 bits per heavy atom. The maximum atomic E-state index is 13.1. The fourth-order valence-corrected chi connectivity index (χ4v) is 3.57. The van der Waals surface area contributed by atoms with Crippen molar-refractivity contribution >= 4 is 34.8 Å². The summed E-state index contributed by atoms with van der Waals surface area (Å²) in [6, 6.07) is 21.3. The molecular weight excluding hydrogens is 418 g/mol. The smallest absolute Gasteiger partial charge is 0.271 e. The lowest BCUT2D eigenvalue weighted by molar-refractivity contribution is -0.133. The number of hydrogen-bond donors (Lipinski definition) is 2. The predicted octanol–water partition coefficient (Wildman–Crippen LogP) is 4.39. The molecule has 7 heteroatoms. The van der Waals surface area contributed by atoms with E-state index in [1.165, 1.54) is 4.90 Å².